The molecule has 0 spiro atoms. The molecule has 2 heteroatoms. The lowest BCUT2D eigenvalue weighted by atomic mass is 10.1. The van der Waals surface area contributed by atoms with Gasteiger partial charge in [0.25, 0.3) is 0 Å². The van der Waals surface area contributed by atoms with Crippen molar-refractivity contribution in [3.8, 4) is 0 Å². The Balaban J connectivity index is 0. The van der Waals surface area contributed by atoms with E-state index in [-0.39, 0.29) is 0 Å². The average Bonchev–Trinajstić information content (AvgIpc) is 2.58. The summed E-state index contributed by atoms with van der Waals surface area (Å²) in [5.74, 6) is -0.671. The molecule has 0 aromatic heterocycles. The highest BCUT2D eigenvalue weighted by molar-refractivity contribution is 5.66. The number of hydrogen-bond donors (Lipinski definition) is 1. The predicted molar refractivity (Wildman–Crippen MR) is 107 cm³/mol. The largest absolute Gasteiger partial charge is 0.481 e. The lowest BCUT2D eigenvalue weighted by molar-refractivity contribution is -0.137. The van der Waals surface area contributed by atoms with Crippen LogP contribution in [-0.4, -0.2) is 11.1 Å². The van der Waals surface area contributed by atoms with E-state index >= 15 is 0 Å². The average molecular weight is 337 g/mol. The summed E-state index contributed by atoms with van der Waals surface area (Å²) in [7, 11) is 0. The van der Waals surface area contributed by atoms with Gasteiger partial charge in [0, 0.05) is 6.42 Å². The molecular weight excluding hydrogens is 296 g/mol. The molecule has 1 N–H and O–H groups in total. The molecule has 0 unspecified atom stereocenters. The zero-order chi connectivity index (χ0) is 18.3. The first kappa shape index (κ1) is 24.9. The highest BCUT2D eigenvalue weighted by atomic mass is 16.4. The zero-order valence-electron chi connectivity index (χ0n) is 16.3. The third-order valence-electron chi connectivity index (χ3n) is 3.67. The fourth-order valence-electron chi connectivity index (χ4n) is 2.09. The Morgan fingerprint density at radius 2 is 1.25 bits per heavy atom. The van der Waals surface area contributed by atoms with Crippen molar-refractivity contribution in [2.75, 3.05) is 0 Å². The van der Waals surface area contributed by atoms with Crippen molar-refractivity contribution in [3.63, 3.8) is 0 Å². The standard InChI is InChI=1S/C18H32O2.C4H8/c1-2-3-4-5-6-7-8-9-10-11-12-13-14-15-16-17-18(19)20;1-3-4-2/h6-7,9-10H,2-5,8,11-17H2,1H3,(H,19,20);3-4H,1-2H3/b7-6-,10-9-;. The van der Waals surface area contributed by atoms with Gasteiger partial charge in [-0.25, -0.2) is 0 Å². The summed E-state index contributed by atoms with van der Waals surface area (Å²) in [5.41, 5.74) is 0. The van der Waals surface area contributed by atoms with Gasteiger partial charge in [0.15, 0.2) is 0 Å². The fraction of sp³-hybridized carbons (Fsp3) is 0.682. The summed E-state index contributed by atoms with van der Waals surface area (Å²) in [5, 5.41) is 8.50. The second-order valence-corrected chi connectivity index (χ2v) is 6.04. The number of unbranched alkanes of at least 4 members (excludes halogenated alkanes) is 8. The Bertz CT molecular complexity index is 323. The van der Waals surface area contributed by atoms with Crippen LogP contribution >= 0.6 is 0 Å². The van der Waals surface area contributed by atoms with Gasteiger partial charge in [-0.3, -0.25) is 4.79 Å². The monoisotopic (exact) mass is 336 g/mol. The maximum Gasteiger partial charge on any atom is 0.303 e. The van der Waals surface area contributed by atoms with Gasteiger partial charge in [-0.05, 0) is 52.4 Å². The second-order valence-electron chi connectivity index (χ2n) is 6.04. The van der Waals surface area contributed by atoms with E-state index in [0.29, 0.717) is 6.42 Å². The minimum Gasteiger partial charge on any atom is -0.481 e. The number of rotatable bonds is 14. The number of carbonyl (C=O) groups is 1. The molecule has 0 radical (unpaired) electrons. The molecule has 0 aromatic carbocycles. The van der Waals surface area contributed by atoms with Crippen molar-refractivity contribution in [1.82, 2.24) is 0 Å². The molecule has 0 atom stereocenters. The van der Waals surface area contributed by atoms with Gasteiger partial charge < -0.3 is 5.11 Å². The molecular formula is C22H40O2. The normalized spacial score (nSPS) is 11.3. The summed E-state index contributed by atoms with van der Waals surface area (Å²) in [4.78, 5) is 10.3. The number of hydrogen-bond acceptors (Lipinski definition) is 1. The summed E-state index contributed by atoms with van der Waals surface area (Å²) in [6, 6.07) is 0. The van der Waals surface area contributed by atoms with E-state index in [9.17, 15) is 4.79 Å². The topological polar surface area (TPSA) is 37.3 Å². The third-order valence-corrected chi connectivity index (χ3v) is 3.67. The van der Waals surface area contributed by atoms with Crippen LogP contribution in [-0.2, 0) is 4.79 Å². The van der Waals surface area contributed by atoms with E-state index in [4.69, 9.17) is 5.11 Å². The minimum absolute atomic E-state index is 0.324. The third kappa shape index (κ3) is 28.8. The predicted octanol–water partition coefficient (Wildman–Crippen LogP) is 7.47. The number of aliphatic carboxylic acids is 1. The van der Waals surface area contributed by atoms with Gasteiger partial charge in [-0.1, -0.05) is 75.5 Å². The van der Waals surface area contributed by atoms with Crippen molar-refractivity contribution in [2.24, 2.45) is 0 Å². The van der Waals surface area contributed by atoms with Crippen molar-refractivity contribution in [1.29, 1.82) is 0 Å². The Morgan fingerprint density at radius 1 is 0.750 bits per heavy atom. The molecule has 24 heavy (non-hydrogen) atoms. The Labute approximate surface area is 150 Å². The van der Waals surface area contributed by atoms with Crippen molar-refractivity contribution in [3.05, 3.63) is 36.5 Å². The smallest absolute Gasteiger partial charge is 0.303 e. The van der Waals surface area contributed by atoms with Crippen LogP contribution in [0.4, 0.5) is 0 Å². The minimum atomic E-state index is -0.671. The van der Waals surface area contributed by atoms with Gasteiger partial charge in [0.2, 0.25) is 0 Å². The lowest BCUT2D eigenvalue weighted by Crippen LogP contribution is -1.93. The summed E-state index contributed by atoms with van der Waals surface area (Å²) in [6.45, 7) is 6.23. The molecule has 0 aliphatic rings. The van der Waals surface area contributed by atoms with Crippen LogP contribution < -0.4 is 0 Å². The Morgan fingerprint density at radius 3 is 1.75 bits per heavy atom. The van der Waals surface area contributed by atoms with Crippen molar-refractivity contribution >= 4 is 5.97 Å². The second kappa shape index (κ2) is 23.9. The van der Waals surface area contributed by atoms with Gasteiger partial charge in [0.1, 0.15) is 0 Å². The maximum atomic E-state index is 10.3. The first-order valence-corrected chi connectivity index (χ1v) is 9.78. The van der Waals surface area contributed by atoms with Gasteiger partial charge in [0.05, 0.1) is 0 Å². The van der Waals surface area contributed by atoms with Crippen molar-refractivity contribution in [2.45, 2.75) is 97.8 Å². The van der Waals surface area contributed by atoms with E-state index in [1.54, 1.807) is 0 Å². The molecule has 0 aliphatic heterocycles. The van der Waals surface area contributed by atoms with Crippen LogP contribution in [0.2, 0.25) is 0 Å². The van der Waals surface area contributed by atoms with Crippen LogP contribution in [0.25, 0.3) is 0 Å². The first-order valence-electron chi connectivity index (χ1n) is 9.78. The zero-order valence-corrected chi connectivity index (χ0v) is 16.3. The van der Waals surface area contributed by atoms with Crippen LogP contribution in [0.3, 0.4) is 0 Å². The highest BCUT2D eigenvalue weighted by Gasteiger charge is 1.95. The van der Waals surface area contributed by atoms with E-state index in [1.807, 2.05) is 26.0 Å². The van der Waals surface area contributed by atoms with Gasteiger partial charge in [-0.2, -0.15) is 0 Å². The first-order chi connectivity index (χ1) is 11.7. The fourth-order valence-corrected chi connectivity index (χ4v) is 2.09. The van der Waals surface area contributed by atoms with Gasteiger partial charge >= 0.3 is 5.97 Å². The molecule has 0 bridgehead atoms. The van der Waals surface area contributed by atoms with E-state index < -0.39 is 5.97 Å². The van der Waals surface area contributed by atoms with Crippen molar-refractivity contribution < 1.29 is 9.90 Å². The highest BCUT2D eigenvalue weighted by Crippen LogP contribution is 2.08. The van der Waals surface area contributed by atoms with Crippen LogP contribution in [0, 0.1) is 0 Å². The van der Waals surface area contributed by atoms with E-state index in [0.717, 1.165) is 25.7 Å². The molecule has 0 fully saturated rings. The molecule has 0 saturated carbocycles. The molecule has 0 heterocycles. The molecule has 0 aromatic rings. The Kier molecular flexibility index (Phi) is 24.9. The number of carboxylic acids is 1. The molecule has 140 valence electrons. The van der Waals surface area contributed by atoms with Gasteiger partial charge in [-0.15, -0.1) is 0 Å². The molecule has 0 amide bonds. The quantitative estimate of drug-likeness (QED) is 0.264. The molecule has 0 rings (SSSR count). The van der Waals surface area contributed by atoms with E-state index in [2.05, 4.69) is 31.2 Å². The maximum absolute atomic E-state index is 10.3. The SMILES string of the molecule is CC=CC.CCCCC/C=C\C/C=C\CCCCCCCC(=O)O. The van der Waals surface area contributed by atoms with Crippen LogP contribution in [0.5, 0.6) is 0 Å². The van der Waals surface area contributed by atoms with E-state index in [1.165, 1.54) is 44.9 Å². The molecule has 0 aliphatic carbocycles. The molecule has 0 saturated heterocycles. The number of carboxylic acid groups (broad SMARTS) is 1. The Hall–Kier alpha value is -1.31. The summed E-state index contributed by atoms with van der Waals surface area (Å²) < 4.78 is 0. The van der Waals surface area contributed by atoms with Crippen LogP contribution in [0.15, 0.2) is 36.5 Å². The summed E-state index contributed by atoms with van der Waals surface area (Å²) >= 11 is 0. The van der Waals surface area contributed by atoms with Crippen LogP contribution in [0.1, 0.15) is 97.8 Å². The summed E-state index contributed by atoms with van der Waals surface area (Å²) in [6.07, 6.45) is 26.3. The number of allylic oxidation sites excluding steroid dienone is 6. The molecule has 2 nitrogen and oxygen atoms in total. The lowest BCUT2D eigenvalue weighted by Gasteiger charge is -1.98.